The highest BCUT2D eigenvalue weighted by Gasteiger charge is 2.32. The van der Waals surface area contributed by atoms with Gasteiger partial charge in [0.2, 0.25) is 0 Å². The first-order valence-corrected chi connectivity index (χ1v) is 7.20. The molecular weight excluding hydrogens is 196 g/mol. The molecule has 1 rings (SSSR count). The van der Waals surface area contributed by atoms with Crippen molar-refractivity contribution in [2.24, 2.45) is 5.41 Å². The van der Waals surface area contributed by atoms with Crippen molar-refractivity contribution in [3.05, 3.63) is 0 Å². The van der Waals surface area contributed by atoms with Crippen LogP contribution >= 0.6 is 0 Å². The summed E-state index contributed by atoms with van der Waals surface area (Å²) >= 11 is 0. The van der Waals surface area contributed by atoms with Gasteiger partial charge in [-0.25, -0.2) is 0 Å². The summed E-state index contributed by atoms with van der Waals surface area (Å²) in [5, 5.41) is 10.6. The van der Waals surface area contributed by atoms with Gasteiger partial charge in [0.25, 0.3) is 0 Å². The first kappa shape index (κ1) is 14.0. The van der Waals surface area contributed by atoms with Gasteiger partial charge in [-0.2, -0.15) is 0 Å². The van der Waals surface area contributed by atoms with Crippen LogP contribution in [0.25, 0.3) is 0 Å². The summed E-state index contributed by atoms with van der Waals surface area (Å²) in [4.78, 5) is 0. The highest BCUT2D eigenvalue weighted by Crippen LogP contribution is 2.40. The summed E-state index contributed by atoms with van der Waals surface area (Å²) in [6.45, 7) is 6.93. The third kappa shape index (κ3) is 4.86. The molecule has 1 unspecified atom stereocenters. The zero-order valence-electron chi connectivity index (χ0n) is 11.5. The number of hydrogen-bond donors (Lipinski definition) is 1. The Morgan fingerprint density at radius 2 is 1.69 bits per heavy atom. The van der Waals surface area contributed by atoms with Crippen LogP contribution in [0.3, 0.4) is 0 Å². The van der Waals surface area contributed by atoms with Gasteiger partial charge in [0, 0.05) is 0 Å². The molecule has 1 fully saturated rings. The average molecular weight is 226 g/mol. The molecule has 1 aliphatic rings. The maximum Gasteiger partial charge on any atom is 0.0648 e. The molecule has 96 valence electrons. The lowest BCUT2D eigenvalue weighted by Gasteiger charge is -2.28. The average Bonchev–Trinajstić information content (AvgIpc) is 2.34. The van der Waals surface area contributed by atoms with Gasteiger partial charge < -0.3 is 5.11 Å². The molecule has 0 aromatic rings. The first-order valence-electron chi connectivity index (χ1n) is 7.20. The molecule has 0 bridgehead atoms. The Kier molecular flexibility index (Phi) is 5.30. The lowest BCUT2D eigenvalue weighted by molar-refractivity contribution is 0.0115. The Bertz CT molecular complexity index is 198. The minimum atomic E-state index is -0.332. The van der Waals surface area contributed by atoms with E-state index in [9.17, 15) is 5.11 Å². The fraction of sp³-hybridized carbons (Fsp3) is 1.00. The fourth-order valence-electron chi connectivity index (χ4n) is 2.85. The van der Waals surface area contributed by atoms with E-state index in [4.69, 9.17) is 0 Å². The zero-order chi connectivity index (χ0) is 12.1. The van der Waals surface area contributed by atoms with Gasteiger partial charge in [-0.05, 0) is 37.5 Å². The van der Waals surface area contributed by atoms with Crippen LogP contribution in [0.2, 0.25) is 0 Å². The third-order valence-electron chi connectivity index (χ3n) is 4.26. The van der Waals surface area contributed by atoms with Gasteiger partial charge in [0.1, 0.15) is 0 Å². The molecule has 1 nitrogen and oxygen atoms in total. The van der Waals surface area contributed by atoms with Gasteiger partial charge in [-0.1, -0.05) is 52.9 Å². The van der Waals surface area contributed by atoms with Crippen molar-refractivity contribution in [1.82, 2.24) is 0 Å². The lowest BCUT2D eigenvalue weighted by atomic mass is 9.83. The Hall–Kier alpha value is -0.0400. The van der Waals surface area contributed by atoms with Crippen LogP contribution in [0.4, 0.5) is 0 Å². The Morgan fingerprint density at radius 3 is 2.38 bits per heavy atom. The maximum atomic E-state index is 10.6. The van der Waals surface area contributed by atoms with Gasteiger partial charge in [-0.3, -0.25) is 0 Å². The van der Waals surface area contributed by atoms with Crippen molar-refractivity contribution in [3.8, 4) is 0 Å². The molecule has 0 aromatic heterocycles. The summed E-state index contributed by atoms with van der Waals surface area (Å²) in [5.41, 5.74) is 0.120. The normalized spacial score (nSPS) is 30.0. The van der Waals surface area contributed by atoms with Crippen molar-refractivity contribution in [2.45, 2.75) is 90.6 Å². The first-order chi connectivity index (χ1) is 7.47. The molecule has 0 aromatic carbocycles. The molecule has 16 heavy (non-hydrogen) atoms. The third-order valence-corrected chi connectivity index (χ3v) is 4.26. The summed E-state index contributed by atoms with van der Waals surface area (Å²) in [7, 11) is 0. The predicted molar refractivity (Wildman–Crippen MR) is 70.6 cm³/mol. The van der Waals surface area contributed by atoms with Crippen molar-refractivity contribution in [2.75, 3.05) is 0 Å². The highest BCUT2D eigenvalue weighted by molar-refractivity contribution is 4.86. The van der Waals surface area contributed by atoms with Crippen LogP contribution in [0, 0.1) is 5.41 Å². The molecule has 1 aliphatic carbocycles. The fourth-order valence-corrected chi connectivity index (χ4v) is 2.85. The largest absolute Gasteiger partial charge is 0.390 e. The van der Waals surface area contributed by atoms with Crippen LogP contribution in [0.1, 0.15) is 85.0 Å². The summed E-state index contributed by atoms with van der Waals surface area (Å²) in [6, 6.07) is 0. The number of hydrogen-bond acceptors (Lipinski definition) is 1. The van der Waals surface area contributed by atoms with Crippen LogP contribution in [-0.2, 0) is 0 Å². The second-order valence-corrected chi connectivity index (χ2v) is 6.55. The standard InChI is InChI=1S/C15H30O/c1-4-5-6-7-10-15(16)11-8-9-14(2,3)12-13-15/h16H,4-13H2,1-3H3. The summed E-state index contributed by atoms with van der Waals surface area (Å²) in [5.74, 6) is 0. The van der Waals surface area contributed by atoms with E-state index >= 15 is 0 Å². The number of unbranched alkanes of at least 4 members (excludes halogenated alkanes) is 3. The van der Waals surface area contributed by atoms with E-state index in [0.717, 1.165) is 19.3 Å². The molecule has 0 radical (unpaired) electrons. The van der Waals surface area contributed by atoms with Crippen molar-refractivity contribution in [1.29, 1.82) is 0 Å². The lowest BCUT2D eigenvalue weighted by Crippen LogP contribution is -2.28. The SMILES string of the molecule is CCCCCCC1(O)CCCC(C)(C)CC1. The molecule has 1 saturated carbocycles. The van der Waals surface area contributed by atoms with Crippen LogP contribution < -0.4 is 0 Å². The molecule has 0 heterocycles. The van der Waals surface area contributed by atoms with E-state index < -0.39 is 0 Å². The van der Waals surface area contributed by atoms with Gasteiger partial charge in [0.15, 0.2) is 0 Å². The summed E-state index contributed by atoms with van der Waals surface area (Å²) < 4.78 is 0. The number of aliphatic hydroxyl groups is 1. The predicted octanol–water partition coefficient (Wildman–Crippen LogP) is 4.68. The monoisotopic (exact) mass is 226 g/mol. The van der Waals surface area contributed by atoms with E-state index in [2.05, 4.69) is 20.8 Å². The van der Waals surface area contributed by atoms with Crippen LogP contribution in [0.15, 0.2) is 0 Å². The van der Waals surface area contributed by atoms with Gasteiger partial charge in [-0.15, -0.1) is 0 Å². The van der Waals surface area contributed by atoms with Crippen LogP contribution in [0.5, 0.6) is 0 Å². The molecule has 1 N–H and O–H groups in total. The Balaban J connectivity index is 2.32. The Morgan fingerprint density at radius 1 is 0.938 bits per heavy atom. The van der Waals surface area contributed by atoms with E-state index in [1.54, 1.807) is 0 Å². The number of rotatable bonds is 5. The minimum absolute atomic E-state index is 0.332. The van der Waals surface area contributed by atoms with E-state index in [1.165, 1.54) is 44.9 Å². The molecule has 1 atom stereocenters. The Labute approximate surface area is 102 Å². The quantitative estimate of drug-likeness (QED) is 0.533. The minimum Gasteiger partial charge on any atom is -0.390 e. The van der Waals surface area contributed by atoms with Gasteiger partial charge in [0.05, 0.1) is 5.60 Å². The van der Waals surface area contributed by atoms with Crippen LogP contribution in [-0.4, -0.2) is 10.7 Å². The van der Waals surface area contributed by atoms with Crippen molar-refractivity contribution < 1.29 is 5.11 Å². The zero-order valence-corrected chi connectivity index (χ0v) is 11.5. The molecule has 0 aliphatic heterocycles. The maximum absolute atomic E-state index is 10.6. The molecule has 1 heteroatoms. The molecule has 0 saturated heterocycles. The van der Waals surface area contributed by atoms with Crippen molar-refractivity contribution in [3.63, 3.8) is 0 Å². The van der Waals surface area contributed by atoms with E-state index in [0.29, 0.717) is 5.41 Å². The van der Waals surface area contributed by atoms with E-state index in [-0.39, 0.29) is 5.60 Å². The van der Waals surface area contributed by atoms with Crippen molar-refractivity contribution >= 4 is 0 Å². The smallest absolute Gasteiger partial charge is 0.0648 e. The topological polar surface area (TPSA) is 20.2 Å². The second kappa shape index (κ2) is 6.05. The molecule has 0 spiro atoms. The second-order valence-electron chi connectivity index (χ2n) is 6.55. The molecule has 0 amide bonds. The summed E-state index contributed by atoms with van der Waals surface area (Å²) in [6.07, 6.45) is 11.9. The highest BCUT2D eigenvalue weighted by atomic mass is 16.3. The van der Waals surface area contributed by atoms with Gasteiger partial charge >= 0.3 is 0 Å². The van der Waals surface area contributed by atoms with E-state index in [1.807, 2.05) is 0 Å². The molecular formula is C15H30O.